The average molecular weight is 617 g/mol. The van der Waals surface area contributed by atoms with E-state index in [1.807, 2.05) is 41.3 Å². The van der Waals surface area contributed by atoms with Gasteiger partial charge in [-0.05, 0) is 61.8 Å². The summed E-state index contributed by atoms with van der Waals surface area (Å²) >= 11 is 3.69. The van der Waals surface area contributed by atoms with Crippen LogP contribution >= 0.6 is 15.9 Å². The number of hydrogen-bond acceptors (Lipinski definition) is 7. The second-order valence-corrected chi connectivity index (χ2v) is 12.1. The van der Waals surface area contributed by atoms with Gasteiger partial charge in [0.15, 0.2) is 17.3 Å². The highest BCUT2D eigenvalue weighted by Crippen LogP contribution is 2.50. The van der Waals surface area contributed by atoms with Gasteiger partial charge in [-0.2, -0.15) is 5.26 Å². The van der Waals surface area contributed by atoms with Crippen molar-refractivity contribution < 1.29 is 19.0 Å². The topological polar surface area (TPSA) is 97.8 Å². The first-order valence-electron chi connectivity index (χ1n) is 13.6. The zero-order valence-electron chi connectivity index (χ0n) is 23.8. The van der Waals surface area contributed by atoms with Crippen LogP contribution < -0.4 is 15.2 Å². The summed E-state index contributed by atoms with van der Waals surface area (Å²) < 4.78 is 18.1. The Hall–Kier alpha value is -3.80. The Morgan fingerprint density at radius 1 is 1.12 bits per heavy atom. The van der Waals surface area contributed by atoms with Crippen molar-refractivity contribution in [1.82, 2.24) is 4.90 Å². The van der Waals surface area contributed by atoms with Gasteiger partial charge >= 0.3 is 0 Å². The van der Waals surface area contributed by atoms with Gasteiger partial charge in [0, 0.05) is 31.3 Å². The first-order chi connectivity index (χ1) is 19.7. The molecule has 3 aromatic carbocycles. The number of hydrogen-bond donors (Lipinski definition) is 1. The molecule has 0 bridgehead atoms. The number of nitriles is 1. The van der Waals surface area contributed by atoms with Gasteiger partial charge in [-0.3, -0.25) is 4.79 Å². The lowest BCUT2D eigenvalue weighted by Crippen LogP contribution is -2.43. The quantitative estimate of drug-likeness (QED) is 0.306. The van der Waals surface area contributed by atoms with Crippen LogP contribution in [0.5, 0.6) is 11.5 Å². The molecule has 0 aromatic heterocycles. The van der Waals surface area contributed by atoms with Gasteiger partial charge in [0.25, 0.3) is 0 Å². The lowest BCUT2D eigenvalue weighted by molar-refractivity contribution is -0.118. The van der Waals surface area contributed by atoms with E-state index in [4.69, 9.17) is 19.9 Å². The number of benzene rings is 3. The molecule has 1 aliphatic heterocycles. The van der Waals surface area contributed by atoms with Gasteiger partial charge in [0.05, 0.1) is 35.7 Å². The molecule has 0 amide bonds. The van der Waals surface area contributed by atoms with Crippen LogP contribution in [-0.4, -0.2) is 38.1 Å². The maximum atomic E-state index is 13.7. The van der Waals surface area contributed by atoms with E-state index in [2.05, 4.69) is 54.0 Å². The summed E-state index contributed by atoms with van der Waals surface area (Å²) in [5, 5.41) is 12.6. The largest absolute Gasteiger partial charge is 0.493 e. The molecule has 3 aromatic rings. The summed E-state index contributed by atoms with van der Waals surface area (Å²) in [6, 6.07) is 20.4. The van der Waals surface area contributed by atoms with E-state index < -0.39 is 5.92 Å². The Bertz CT molecular complexity index is 1610. The number of fused-ring (bicyclic) bond motifs is 1. The van der Waals surface area contributed by atoms with E-state index in [1.165, 1.54) is 0 Å². The first kappa shape index (κ1) is 28.7. The maximum Gasteiger partial charge on any atom is 0.175 e. The molecule has 7 nitrogen and oxygen atoms in total. The van der Waals surface area contributed by atoms with Crippen molar-refractivity contribution in [3.63, 3.8) is 0 Å². The van der Waals surface area contributed by atoms with Gasteiger partial charge in [-0.15, -0.1) is 0 Å². The number of allylic oxidation sites excluding steroid dienone is 3. The van der Waals surface area contributed by atoms with E-state index in [1.54, 1.807) is 14.2 Å². The van der Waals surface area contributed by atoms with Crippen molar-refractivity contribution in [3.8, 4) is 17.6 Å². The van der Waals surface area contributed by atoms with Crippen LogP contribution in [0.25, 0.3) is 10.8 Å². The molecule has 1 atom stereocenters. The molecule has 8 heteroatoms. The van der Waals surface area contributed by atoms with Crippen molar-refractivity contribution in [3.05, 3.63) is 92.9 Å². The van der Waals surface area contributed by atoms with Crippen LogP contribution in [0.1, 0.15) is 43.7 Å². The zero-order valence-corrected chi connectivity index (χ0v) is 25.4. The molecule has 0 saturated carbocycles. The summed E-state index contributed by atoms with van der Waals surface area (Å²) in [5.74, 6) is 0.802. The Balaban J connectivity index is 1.57. The van der Waals surface area contributed by atoms with E-state index in [0.717, 1.165) is 27.6 Å². The number of carbonyl (C=O) groups excluding carboxylic acids is 1. The van der Waals surface area contributed by atoms with Crippen LogP contribution in [0.15, 0.2) is 81.7 Å². The molecule has 0 saturated heterocycles. The molecular formula is C33H34BrN3O4. The standard InChI is InChI=1S/C33H34BrN3O4/c1-33(2)16-26-30(27(38)17-33)29(24(18-35)32(36)37(26)12-13-39-3)22-14-25(34)31(28(15-22)40-4)41-19-21-10-7-9-20-8-5-6-11-23(20)21/h5-11,14-15,29H,12-13,16-17,19,36H2,1-4H3/t29-/m0/s1. The number of carbonyl (C=O) groups is 1. The summed E-state index contributed by atoms with van der Waals surface area (Å²) in [6.07, 6.45) is 1.06. The number of halogens is 1. The average Bonchev–Trinajstić information content (AvgIpc) is 2.94. The Morgan fingerprint density at radius 3 is 2.61 bits per heavy atom. The third-order valence-corrected chi connectivity index (χ3v) is 8.43. The van der Waals surface area contributed by atoms with Crippen molar-refractivity contribution in [2.24, 2.45) is 11.1 Å². The van der Waals surface area contributed by atoms with Crippen LogP contribution in [0.2, 0.25) is 0 Å². The number of methoxy groups -OCH3 is 2. The highest BCUT2D eigenvalue weighted by molar-refractivity contribution is 9.10. The van der Waals surface area contributed by atoms with Crippen LogP contribution in [0, 0.1) is 16.7 Å². The fourth-order valence-electron chi connectivity index (χ4n) is 5.96. The van der Waals surface area contributed by atoms with Crippen molar-refractivity contribution >= 4 is 32.5 Å². The number of nitrogens with two attached hydrogens (primary N) is 1. The van der Waals surface area contributed by atoms with Gasteiger partial charge in [-0.1, -0.05) is 56.3 Å². The molecule has 212 valence electrons. The molecule has 0 fully saturated rings. The smallest absolute Gasteiger partial charge is 0.175 e. The second kappa shape index (κ2) is 11.6. The van der Waals surface area contributed by atoms with Crippen molar-refractivity contribution in [2.45, 2.75) is 39.2 Å². The number of Topliss-reactive ketones (excluding diaryl/α,β-unsaturated/α-hetero) is 1. The highest BCUT2D eigenvalue weighted by Gasteiger charge is 2.44. The third kappa shape index (κ3) is 5.44. The number of rotatable bonds is 8. The lowest BCUT2D eigenvalue weighted by Gasteiger charge is -2.43. The number of ketones is 1. The molecular weight excluding hydrogens is 582 g/mol. The number of ether oxygens (including phenoxy) is 3. The lowest BCUT2D eigenvalue weighted by atomic mass is 9.68. The van der Waals surface area contributed by atoms with E-state index in [-0.39, 0.29) is 11.2 Å². The fraction of sp³-hybridized carbons (Fsp3) is 0.333. The predicted octanol–water partition coefficient (Wildman–Crippen LogP) is 6.57. The van der Waals surface area contributed by atoms with Crippen LogP contribution in [0.4, 0.5) is 0 Å². The molecule has 5 rings (SSSR count). The van der Waals surface area contributed by atoms with Gasteiger partial charge in [0.1, 0.15) is 12.4 Å². The van der Waals surface area contributed by atoms with Crippen LogP contribution in [0.3, 0.4) is 0 Å². The van der Waals surface area contributed by atoms with Crippen molar-refractivity contribution in [2.75, 3.05) is 27.4 Å². The Kier molecular flexibility index (Phi) is 8.12. The predicted molar refractivity (Wildman–Crippen MR) is 162 cm³/mol. The fourth-order valence-corrected chi connectivity index (χ4v) is 6.54. The second-order valence-electron chi connectivity index (χ2n) is 11.3. The van der Waals surface area contributed by atoms with E-state index in [9.17, 15) is 10.1 Å². The van der Waals surface area contributed by atoms with Crippen LogP contribution in [-0.2, 0) is 16.1 Å². The summed E-state index contributed by atoms with van der Waals surface area (Å²) in [7, 11) is 3.20. The number of nitrogens with zero attached hydrogens (tertiary/aromatic N) is 2. The SMILES string of the molecule is COCCN1C(N)=C(C#N)[C@H](c2cc(Br)c(OCc3cccc4ccccc34)c(OC)c2)C2=C1CC(C)(C)CC2=O. The molecule has 41 heavy (non-hydrogen) atoms. The molecule has 2 aliphatic rings. The van der Waals surface area contributed by atoms with Crippen molar-refractivity contribution in [1.29, 1.82) is 5.26 Å². The Labute approximate surface area is 249 Å². The van der Waals surface area contributed by atoms with Gasteiger partial charge < -0.3 is 24.8 Å². The van der Waals surface area contributed by atoms with Gasteiger partial charge in [-0.25, -0.2) is 0 Å². The monoisotopic (exact) mass is 615 g/mol. The van der Waals surface area contributed by atoms with E-state index in [0.29, 0.717) is 65.5 Å². The minimum absolute atomic E-state index is 0.0234. The highest BCUT2D eigenvalue weighted by atomic mass is 79.9. The zero-order chi connectivity index (χ0) is 29.3. The van der Waals surface area contributed by atoms with E-state index >= 15 is 0 Å². The minimum Gasteiger partial charge on any atom is -0.493 e. The molecule has 2 N–H and O–H groups in total. The molecule has 1 aliphatic carbocycles. The summed E-state index contributed by atoms with van der Waals surface area (Å²) in [6.45, 7) is 5.37. The minimum atomic E-state index is -0.616. The van der Waals surface area contributed by atoms with Gasteiger partial charge in [0.2, 0.25) is 0 Å². The third-order valence-electron chi connectivity index (χ3n) is 7.84. The summed E-state index contributed by atoms with van der Waals surface area (Å²) in [5.41, 5.74) is 10.0. The first-order valence-corrected chi connectivity index (χ1v) is 14.4. The Morgan fingerprint density at radius 2 is 1.88 bits per heavy atom. The summed E-state index contributed by atoms with van der Waals surface area (Å²) in [4.78, 5) is 15.6. The molecule has 0 unspecified atom stereocenters. The molecule has 0 radical (unpaired) electrons. The molecule has 0 spiro atoms. The molecule has 1 heterocycles. The maximum absolute atomic E-state index is 13.7. The normalized spacial score (nSPS) is 18.4.